The number of aromatic nitrogens is 3. The van der Waals surface area contributed by atoms with Crippen molar-refractivity contribution in [3.05, 3.63) is 66.2 Å². The standard InChI is InChI=1S/C17H18N4O4S/c1-20-11-13(10-19-20)9-18-17(22)14-7-8-21(12-14)26(23,24)16-5-3-15(25-2)4-6-16/h3-8,10-12H,9H2,1-2H3,(H,18,22). The molecule has 8 nitrogen and oxygen atoms in total. The van der Waals surface area contributed by atoms with Gasteiger partial charge >= 0.3 is 0 Å². The summed E-state index contributed by atoms with van der Waals surface area (Å²) in [6, 6.07) is 7.50. The van der Waals surface area contributed by atoms with E-state index in [-0.39, 0.29) is 16.4 Å². The van der Waals surface area contributed by atoms with Crippen molar-refractivity contribution < 1.29 is 17.9 Å². The van der Waals surface area contributed by atoms with Gasteiger partial charge in [0.05, 0.1) is 23.8 Å². The first-order valence-corrected chi connectivity index (χ1v) is 9.17. The molecule has 0 aliphatic heterocycles. The first kappa shape index (κ1) is 17.7. The minimum atomic E-state index is -3.77. The van der Waals surface area contributed by atoms with Crippen molar-refractivity contribution in [3.63, 3.8) is 0 Å². The van der Waals surface area contributed by atoms with Crippen LogP contribution in [0.4, 0.5) is 0 Å². The van der Waals surface area contributed by atoms with Gasteiger partial charge in [-0.1, -0.05) is 0 Å². The summed E-state index contributed by atoms with van der Waals surface area (Å²) in [5.41, 5.74) is 1.11. The van der Waals surface area contributed by atoms with Crippen LogP contribution in [0.15, 0.2) is 60.0 Å². The highest BCUT2D eigenvalue weighted by Crippen LogP contribution is 2.19. The van der Waals surface area contributed by atoms with Crippen molar-refractivity contribution in [2.75, 3.05) is 7.11 Å². The molecule has 0 aliphatic rings. The summed E-state index contributed by atoms with van der Waals surface area (Å²) in [6.07, 6.45) is 6.08. The zero-order valence-corrected chi connectivity index (χ0v) is 15.1. The molecule has 3 aromatic rings. The van der Waals surface area contributed by atoms with Crippen molar-refractivity contribution in [1.29, 1.82) is 0 Å². The maximum atomic E-state index is 12.6. The van der Waals surface area contributed by atoms with Crippen LogP contribution in [-0.4, -0.2) is 35.2 Å². The highest BCUT2D eigenvalue weighted by Gasteiger charge is 2.18. The third-order valence-electron chi connectivity index (χ3n) is 3.78. The summed E-state index contributed by atoms with van der Waals surface area (Å²) in [4.78, 5) is 12.3. The van der Waals surface area contributed by atoms with E-state index < -0.39 is 10.0 Å². The number of aryl methyl sites for hydroxylation is 1. The van der Waals surface area contributed by atoms with Crippen molar-refractivity contribution in [2.45, 2.75) is 11.4 Å². The Labute approximate surface area is 151 Å². The van der Waals surface area contributed by atoms with Crippen LogP contribution in [0.3, 0.4) is 0 Å². The predicted octanol–water partition coefficient (Wildman–Crippen LogP) is 1.40. The number of nitrogens with zero attached hydrogens (tertiary/aromatic N) is 3. The number of carbonyl (C=O) groups is 1. The van der Waals surface area contributed by atoms with E-state index in [2.05, 4.69) is 10.4 Å². The van der Waals surface area contributed by atoms with Crippen LogP contribution in [0.25, 0.3) is 0 Å². The molecule has 0 saturated heterocycles. The number of ether oxygens (including phenoxy) is 1. The van der Waals surface area contributed by atoms with E-state index >= 15 is 0 Å². The number of rotatable bonds is 6. The molecule has 136 valence electrons. The topological polar surface area (TPSA) is 95.2 Å². The van der Waals surface area contributed by atoms with Crippen LogP contribution in [0.1, 0.15) is 15.9 Å². The number of carbonyl (C=O) groups excluding carboxylic acids is 1. The minimum absolute atomic E-state index is 0.108. The molecule has 1 N–H and O–H groups in total. The molecule has 2 aromatic heterocycles. The average Bonchev–Trinajstić information content (AvgIpc) is 3.29. The number of benzene rings is 1. The fourth-order valence-electron chi connectivity index (χ4n) is 2.38. The van der Waals surface area contributed by atoms with E-state index in [0.717, 1.165) is 9.54 Å². The van der Waals surface area contributed by atoms with Crippen LogP contribution in [0.2, 0.25) is 0 Å². The van der Waals surface area contributed by atoms with Crippen LogP contribution < -0.4 is 10.1 Å². The Bertz CT molecular complexity index is 1020. The predicted molar refractivity (Wildman–Crippen MR) is 94.4 cm³/mol. The van der Waals surface area contributed by atoms with Crippen molar-refractivity contribution in [2.24, 2.45) is 7.05 Å². The van der Waals surface area contributed by atoms with E-state index in [9.17, 15) is 13.2 Å². The minimum Gasteiger partial charge on any atom is -0.497 e. The van der Waals surface area contributed by atoms with Gasteiger partial charge in [0.25, 0.3) is 15.9 Å². The van der Waals surface area contributed by atoms with E-state index in [1.807, 2.05) is 0 Å². The lowest BCUT2D eigenvalue weighted by Gasteiger charge is -2.06. The summed E-state index contributed by atoms with van der Waals surface area (Å²) >= 11 is 0. The van der Waals surface area contributed by atoms with Crippen molar-refractivity contribution >= 4 is 15.9 Å². The lowest BCUT2D eigenvalue weighted by atomic mass is 10.3. The van der Waals surface area contributed by atoms with Crippen molar-refractivity contribution in [3.8, 4) is 5.75 Å². The molecule has 2 heterocycles. The number of methoxy groups -OCH3 is 1. The highest BCUT2D eigenvalue weighted by atomic mass is 32.2. The Kier molecular flexibility index (Phi) is 4.81. The third kappa shape index (κ3) is 3.62. The number of nitrogens with one attached hydrogen (secondary N) is 1. The Balaban J connectivity index is 1.74. The van der Waals surface area contributed by atoms with Crippen LogP contribution >= 0.6 is 0 Å². The molecule has 1 aromatic carbocycles. The normalized spacial score (nSPS) is 11.3. The molecule has 26 heavy (non-hydrogen) atoms. The molecule has 0 bridgehead atoms. The molecule has 0 radical (unpaired) electrons. The summed E-state index contributed by atoms with van der Waals surface area (Å²) in [5, 5.41) is 6.75. The number of hydrogen-bond acceptors (Lipinski definition) is 5. The first-order valence-electron chi connectivity index (χ1n) is 7.73. The van der Waals surface area contributed by atoms with Gasteiger partial charge in [-0.05, 0) is 30.3 Å². The van der Waals surface area contributed by atoms with Gasteiger partial charge in [0, 0.05) is 37.7 Å². The van der Waals surface area contributed by atoms with Crippen molar-refractivity contribution in [1.82, 2.24) is 19.1 Å². The zero-order chi connectivity index (χ0) is 18.7. The summed E-state index contributed by atoms with van der Waals surface area (Å²) in [5.74, 6) is 0.199. The lowest BCUT2D eigenvalue weighted by Crippen LogP contribution is -2.22. The largest absolute Gasteiger partial charge is 0.497 e. The maximum Gasteiger partial charge on any atom is 0.267 e. The SMILES string of the molecule is COc1ccc(S(=O)(=O)n2ccc(C(=O)NCc3cnn(C)c3)c2)cc1. The highest BCUT2D eigenvalue weighted by molar-refractivity contribution is 7.90. The quantitative estimate of drug-likeness (QED) is 0.704. The Morgan fingerprint density at radius 3 is 2.54 bits per heavy atom. The van der Waals surface area contributed by atoms with Gasteiger partial charge in [-0.15, -0.1) is 0 Å². The zero-order valence-electron chi connectivity index (χ0n) is 14.3. The number of amides is 1. The molecule has 0 fully saturated rings. The monoisotopic (exact) mass is 374 g/mol. The van der Waals surface area contributed by atoms with Crippen LogP contribution in [0, 0.1) is 0 Å². The Hall–Kier alpha value is -3.07. The van der Waals surface area contributed by atoms with Gasteiger partial charge in [-0.25, -0.2) is 12.4 Å². The third-order valence-corrected chi connectivity index (χ3v) is 5.43. The second-order valence-electron chi connectivity index (χ2n) is 5.62. The molecule has 0 saturated carbocycles. The Morgan fingerprint density at radius 1 is 1.19 bits per heavy atom. The molecule has 1 amide bonds. The molecule has 0 spiro atoms. The summed E-state index contributed by atoms with van der Waals surface area (Å²) < 4.78 is 32.9. The second-order valence-corrected chi connectivity index (χ2v) is 7.46. The first-order chi connectivity index (χ1) is 12.4. The molecule has 9 heteroatoms. The fourth-order valence-corrected chi connectivity index (χ4v) is 3.57. The second kappa shape index (κ2) is 7.04. The van der Waals surface area contributed by atoms with Gasteiger partial charge in [0.2, 0.25) is 0 Å². The van der Waals surface area contributed by atoms with E-state index in [1.165, 1.54) is 37.7 Å². The van der Waals surface area contributed by atoms with Gasteiger partial charge in [-0.3, -0.25) is 9.48 Å². The van der Waals surface area contributed by atoms with Gasteiger partial charge in [0.15, 0.2) is 0 Å². The maximum absolute atomic E-state index is 12.6. The molecule has 3 rings (SSSR count). The molecule has 0 atom stereocenters. The molecule has 0 unspecified atom stereocenters. The average molecular weight is 374 g/mol. The molecular formula is C17H18N4O4S. The van der Waals surface area contributed by atoms with Crippen LogP contribution in [0.5, 0.6) is 5.75 Å². The van der Waals surface area contributed by atoms with Crippen LogP contribution in [-0.2, 0) is 23.6 Å². The summed E-state index contributed by atoms with van der Waals surface area (Å²) in [7, 11) is -0.480. The molecular weight excluding hydrogens is 356 g/mol. The van der Waals surface area contributed by atoms with Gasteiger partial charge < -0.3 is 10.1 Å². The lowest BCUT2D eigenvalue weighted by molar-refractivity contribution is 0.0951. The Morgan fingerprint density at radius 2 is 1.92 bits per heavy atom. The fraction of sp³-hybridized carbons (Fsp3) is 0.176. The molecule has 0 aliphatic carbocycles. The number of hydrogen-bond donors (Lipinski definition) is 1. The van der Waals surface area contributed by atoms with E-state index in [0.29, 0.717) is 12.3 Å². The van der Waals surface area contributed by atoms with Gasteiger partial charge in [0.1, 0.15) is 5.75 Å². The van der Waals surface area contributed by atoms with Gasteiger partial charge in [-0.2, -0.15) is 5.10 Å². The smallest absolute Gasteiger partial charge is 0.267 e. The van der Waals surface area contributed by atoms with E-state index in [1.54, 1.807) is 36.3 Å². The summed E-state index contributed by atoms with van der Waals surface area (Å²) in [6.45, 7) is 0.309. The van der Waals surface area contributed by atoms with E-state index in [4.69, 9.17) is 4.74 Å².